The molecule has 0 spiro atoms. The van der Waals surface area contributed by atoms with Crippen molar-refractivity contribution in [1.29, 1.82) is 0 Å². The number of hydrogen-bond acceptors (Lipinski definition) is 3. The molecule has 140 valence electrons. The molecule has 2 N–H and O–H groups in total. The Labute approximate surface area is 159 Å². The Bertz CT molecular complexity index is 869. The fraction of sp³-hybridized carbons (Fsp3) is 0.316. The van der Waals surface area contributed by atoms with Crippen molar-refractivity contribution in [3.05, 3.63) is 64.7 Å². The molecule has 1 atom stereocenters. The molecule has 5 nitrogen and oxygen atoms in total. The largest absolute Gasteiger partial charge is 0.352 e. The molecule has 0 heterocycles. The topological polar surface area (TPSA) is 75.3 Å². The second-order valence-electron chi connectivity index (χ2n) is 6.09. The molecular formula is C19H23ClN2O3S. The van der Waals surface area contributed by atoms with E-state index >= 15 is 0 Å². The standard InChI is InChI=1S/C19H23ClN2O3S/c1-3-14(2)22-26(24,25)18-9-5-7-16(13-18)19(23)21-11-10-15-6-4-8-17(20)12-15/h4-9,12-14,22H,3,10-11H2,1-2H3,(H,21,23). The summed E-state index contributed by atoms with van der Waals surface area (Å²) in [6.07, 6.45) is 1.32. The Balaban J connectivity index is 2.01. The lowest BCUT2D eigenvalue weighted by atomic mass is 10.1. The van der Waals surface area contributed by atoms with E-state index in [0.717, 1.165) is 5.56 Å². The molecule has 7 heteroatoms. The minimum Gasteiger partial charge on any atom is -0.352 e. The minimum atomic E-state index is -3.64. The van der Waals surface area contributed by atoms with Gasteiger partial charge in [-0.1, -0.05) is 36.7 Å². The van der Waals surface area contributed by atoms with E-state index in [0.29, 0.717) is 30.0 Å². The number of carbonyl (C=O) groups is 1. The fourth-order valence-electron chi connectivity index (χ4n) is 2.34. The highest BCUT2D eigenvalue weighted by molar-refractivity contribution is 7.89. The van der Waals surface area contributed by atoms with E-state index in [2.05, 4.69) is 10.0 Å². The Morgan fingerprint density at radius 1 is 1.15 bits per heavy atom. The zero-order valence-electron chi connectivity index (χ0n) is 14.8. The molecule has 2 aromatic carbocycles. The van der Waals surface area contributed by atoms with Crippen molar-refractivity contribution < 1.29 is 13.2 Å². The van der Waals surface area contributed by atoms with Gasteiger partial charge in [-0.3, -0.25) is 4.79 Å². The highest BCUT2D eigenvalue weighted by Crippen LogP contribution is 2.13. The molecule has 0 aromatic heterocycles. The number of sulfonamides is 1. The van der Waals surface area contributed by atoms with Crippen LogP contribution in [0.4, 0.5) is 0 Å². The van der Waals surface area contributed by atoms with Crippen molar-refractivity contribution in [3.63, 3.8) is 0 Å². The summed E-state index contributed by atoms with van der Waals surface area (Å²) >= 11 is 5.94. The molecule has 0 aliphatic carbocycles. The lowest BCUT2D eigenvalue weighted by Gasteiger charge is -2.13. The summed E-state index contributed by atoms with van der Waals surface area (Å²) < 4.78 is 27.3. The van der Waals surface area contributed by atoms with Gasteiger partial charge in [0.05, 0.1) is 4.90 Å². The van der Waals surface area contributed by atoms with Gasteiger partial charge in [-0.25, -0.2) is 13.1 Å². The van der Waals surface area contributed by atoms with Gasteiger partial charge in [0.2, 0.25) is 10.0 Å². The van der Waals surface area contributed by atoms with Crippen molar-refractivity contribution in [2.45, 2.75) is 37.6 Å². The van der Waals surface area contributed by atoms with Crippen LogP contribution in [0.2, 0.25) is 5.02 Å². The Hall–Kier alpha value is -1.89. The average Bonchev–Trinajstić information content (AvgIpc) is 2.61. The third-order valence-electron chi connectivity index (χ3n) is 3.96. The van der Waals surface area contributed by atoms with E-state index in [1.165, 1.54) is 12.1 Å². The molecule has 1 amide bonds. The first-order valence-corrected chi connectivity index (χ1v) is 10.3. The zero-order chi connectivity index (χ0) is 19.2. The van der Waals surface area contributed by atoms with Gasteiger partial charge in [-0.15, -0.1) is 0 Å². The molecule has 0 radical (unpaired) electrons. The Morgan fingerprint density at radius 3 is 2.58 bits per heavy atom. The summed E-state index contributed by atoms with van der Waals surface area (Å²) in [6.45, 7) is 4.13. The first kappa shape index (κ1) is 20.4. The quantitative estimate of drug-likeness (QED) is 0.720. The second-order valence-corrected chi connectivity index (χ2v) is 8.24. The van der Waals surface area contributed by atoms with E-state index in [1.807, 2.05) is 25.1 Å². The van der Waals surface area contributed by atoms with Gasteiger partial charge in [-0.05, 0) is 55.7 Å². The molecular weight excluding hydrogens is 372 g/mol. The van der Waals surface area contributed by atoms with Crippen LogP contribution in [0.1, 0.15) is 36.2 Å². The predicted molar refractivity (Wildman–Crippen MR) is 104 cm³/mol. The van der Waals surface area contributed by atoms with Gasteiger partial charge in [0.1, 0.15) is 0 Å². The van der Waals surface area contributed by atoms with Crippen LogP contribution in [0.15, 0.2) is 53.4 Å². The second kappa shape index (κ2) is 9.16. The molecule has 2 aromatic rings. The van der Waals surface area contributed by atoms with E-state index in [-0.39, 0.29) is 16.8 Å². The molecule has 0 bridgehead atoms. The molecule has 0 aliphatic rings. The number of hydrogen-bond donors (Lipinski definition) is 2. The first-order valence-electron chi connectivity index (χ1n) is 8.47. The summed E-state index contributed by atoms with van der Waals surface area (Å²) in [7, 11) is -3.64. The van der Waals surface area contributed by atoms with E-state index in [1.54, 1.807) is 25.1 Å². The molecule has 0 saturated carbocycles. The zero-order valence-corrected chi connectivity index (χ0v) is 16.4. The monoisotopic (exact) mass is 394 g/mol. The van der Waals surface area contributed by atoms with Crippen LogP contribution in [-0.4, -0.2) is 26.9 Å². The van der Waals surface area contributed by atoms with Gasteiger partial charge in [0, 0.05) is 23.2 Å². The van der Waals surface area contributed by atoms with Crippen LogP contribution in [-0.2, 0) is 16.4 Å². The Morgan fingerprint density at radius 2 is 1.88 bits per heavy atom. The van der Waals surface area contributed by atoms with Gasteiger partial charge < -0.3 is 5.32 Å². The normalized spacial score (nSPS) is 12.6. The molecule has 0 saturated heterocycles. The number of amides is 1. The predicted octanol–water partition coefficient (Wildman–Crippen LogP) is 3.39. The molecule has 26 heavy (non-hydrogen) atoms. The van der Waals surface area contributed by atoms with Crippen molar-refractivity contribution in [3.8, 4) is 0 Å². The lowest BCUT2D eigenvalue weighted by molar-refractivity contribution is 0.0954. The van der Waals surface area contributed by atoms with Crippen molar-refractivity contribution in [1.82, 2.24) is 10.0 Å². The maximum atomic E-state index is 12.4. The smallest absolute Gasteiger partial charge is 0.251 e. The van der Waals surface area contributed by atoms with Crippen molar-refractivity contribution in [2.75, 3.05) is 6.54 Å². The summed E-state index contributed by atoms with van der Waals surface area (Å²) in [5.74, 6) is -0.312. The fourth-order valence-corrected chi connectivity index (χ4v) is 3.92. The van der Waals surface area contributed by atoms with Crippen molar-refractivity contribution >= 4 is 27.5 Å². The third kappa shape index (κ3) is 5.83. The maximum absolute atomic E-state index is 12.4. The third-order valence-corrected chi connectivity index (χ3v) is 5.79. The number of carbonyl (C=O) groups excluding carboxylic acids is 1. The minimum absolute atomic E-state index is 0.0836. The van der Waals surface area contributed by atoms with Crippen LogP contribution < -0.4 is 10.0 Å². The van der Waals surface area contributed by atoms with Crippen LogP contribution in [0.3, 0.4) is 0 Å². The number of nitrogens with one attached hydrogen (secondary N) is 2. The lowest BCUT2D eigenvalue weighted by Crippen LogP contribution is -2.32. The van der Waals surface area contributed by atoms with Gasteiger partial charge >= 0.3 is 0 Å². The SMILES string of the molecule is CCC(C)NS(=O)(=O)c1cccc(C(=O)NCCc2cccc(Cl)c2)c1. The highest BCUT2D eigenvalue weighted by atomic mass is 35.5. The van der Waals surface area contributed by atoms with Crippen LogP contribution >= 0.6 is 11.6 Å². The van der Waals surface area contributed by atoms with Crippen molar-refractivity contribution in [2.24, 2.45) is 0 Å². The first-order chi connectivity index (χ1) is 12.3. The number of halogens is 1. The number of benzene rings is 2. The molecule has 1 unspecified atom stereocenters. The molecule has 0 fully saturated rings. The summed E-state index contributed by atoms with van der Waals surface area (Å²) in [5, 5.41) is 3.45. The average molecular weight is 395 g/mol. The maximum Gasteiger partial charge on any atom is 0.251 e. The van der Waals surface area contributed by atoms with Crippen LogP contribution in [0, 0.1) is 0 Å². The van der Waals surface area contributed by atoms with E-state index < -0.39 is 10.0 Å². The van der Waals surface area contributed by atoms with E-state index in [9.17, 15) is 13.2 Å². The summed E-state index contributed by atoms with van der Waals surface area (Å²) in [5.41, 5.74) is 1.33. The highest BCUT2D eigenvalue weighted by Gasteiger charge is 2.18. The Kier molecular flexibility index (Phi) is 7.20. The summed E-state index contributed by atoms with van der Waals surface area (Å²) in [4.78, 5) is 12.4. The van der Waals surface area contributed by atoms with E-state index in [4.69, 9.17) is 11.6 Å². The van der Waals surface area contributed by atoms with Gasteiger partial charge in [0.15, 0.2) is 0 Å². The summed E-state index contributed by atoms with van der Waals surface area (Å²) in [6, 6.07) is 13.3. The van der Waals surface area contributed by atoms with Gasteiger partial charge in [0.25, 0.3) is 5.91 Å². The molecule has 2 rings (SSSR count). The van der Waals surface area contributed by atoms with Crippen LogP contribution in [0.25, 0.3) is 0 Å². The molecule has 0 aliphatic heterocycles. The van der Waals surface area contributed by atoms with Crippen LogP contribution in [0.5, 0.6) is 0 Å². The number of rotatable bonds is 8. The van der Waals surface area contributed by atoms with Gasteiger partial charge in [-0.2, -0.15) is 0 Å².